The van der Waals surface area contributed by atoms with Gasteiger partial charge in [-0.25, -0.2) is 4.98 Å². The zero-order chi connectivity index (χ0) is 20.5. The molecule has 3 heterocycles. The molecule has 0 spiro atoms. The molecule has 1 aromatic carbocycles. The number of fused-ring (bicyclic) bond motifs is 1. The predicted octanol–water partition coefficient (Wildman–Crippen LogP) is 4.59. The molecule has 1 aliphatic rings. The first kappa shape index (κ1) is 19.5. The fraction of sp³-hybridized carbons (Fsp3) is 0.318. The smallest absolute Gasteiger partial charge is 0.289 e. The van der Waals surface area contributed by atoms with Crippen molar-refractivity contribution < 1.29 is 14.0 Å². The van der Waals surface area contributed by atoms with E-state index in [1.54, 1.807) is 17.0 Å². The van der Waals surface area contributed by atoms with Crippen LogP contribution in [0.1, 0.15) is 34.5 Å². The lowest BCUT2D eigenvalue weighted by atomic mass is 9.95. The van der Waals surface area contributed by atoms with Gasteiger partial charge in [0, 0.05) is 36.2 Å². The highest BCUT2D eigenvalue weighted by atomic mass is 35.5. The molecular weight excluding hydrogens is 390 g/mol. The van der Waals surface area contributed by atoms with E-state index in [9.17, 15) is 9.59 Å². The van der Waals surface area contributed by atoms with Gasteiger partial charge in [0.15, 0.2) is 5.76 Å². The van der Waals surface area contributed by atoms with Crippen LogP contribution in [0, 0.1) is 19.8 Å². The Morgan fingerprint density at radius 2 is 1.93 bits per heavy atom. The Morgan fingerprint density at radius 3 is 2.59 bits per heavy atom. The number of likely N-dealkylation sites (tertiary alicyclic amines) is 1. The van der Waals surface area contributed by atoms with E-state index in [0.29, 0.717) is 42.5 Å². The van der Waals surface area contributed by atoms with E-state index in [1.165, 1.54) is 6.20 Å². The summed E-state index contributed by atoms with van der Waals surface area (Å²) >= 11 is 5.82. The summed E-state index contributed by atoms with van der Waals surface area (Å²) in [6.07, 6.45) is 2.70. The van der Waals surface area contributed by atoms with Crippen LogP contribution in [0.3, 0.4) is 0 Å². The highest BCUT2D eigenvalue weighted by molar-refractivity contribution is 6.30. The first-order chi connectivity index (χ1) is 13.9. The van der Waals surface area contributed by atoms with E-state index in [0.717, 1.165) is 22.1 Å². The molecule has 3 aromatic rings. The number of nitrogens with zero attached hydrogens (tertiary/aromatic N) is 2. The van der Waals surface area contributed by atoms with Crippen molar-refractivity contribution in [1.82, 2.24) is 9.88 Å². The van der Waals surface area contributed by atoms with E-state index in [1.807, 2.05) is 32.0 Å². The number of furan rings is 1. The minimum Gasteiger partial charge on any atom is -0.450 e. The molecule has 0 unspecified atom stereocenters. The lowest BCUT2D eigenvalue weighted by Crippen LogP contribution is -2.41. The van der Waals surface area contributed by atoms with E-state index < -0.39 is 0 Å². The Hall–Kier alpha value is -2.86. The third-order valence-electron chi connectivity index (χ3n) is 5.49. The van der Waals surface area contributed by atoms with Crippen molar-refractivity contribution >= 4 is 40.2 Å². The number of carbonyl (C=O) groups is 2. The van der Waals surface area contributed by atoms with Gasteiger partial charge in [0.05, 0.1) is 5.02 Å². The number of halogens is 1. The molecule has 6 nitrogen and oxygen atoms in total. The van der Waals surface area contributed by atoms with E-state index in [-0.39, 0.29) is 17.7 Å². The van der Waals surface area contributed by atoms with Gasteiger partial charge in [-0.15, -0.1) is 0 Å². The average Bonchev–Trinajstić information content (AvgIpc) is 3.07. The maximum absolute atomic E-state index is 13.0. The maximum Gasteiger partial charge on any atom is 0.289 e. The van der Waals surface area contributed by atoms with Crippen molar-refractivity contribution in [1.29, 1.82) is 0 Å². The number of piperidine rings is 1. The number of carbonyl (C=O) groups excluding carboxylic acids is 2. The Kier molecular flexibility index (Phi) is 5.28. The summed E-state index contributed by atoms with van der Waals surface area (Å²) in [5.74, 6) is 0.517. The lowest BCUT2D eigenvalue weighted by molar-refractivity contribution is -0.121. The fourth-order valence-electron chi connectivity index (χ4n) is 3.75. The molecule has 2 amide bonds. The molecule has 1 N–H and O–H groups in total. The molecule has 0 aliphatic carbocycles. The zero-order valence-corrected chi connectivity index (χ0v) is 17.1. The molecule has 7 heteroatoms. The number of para-hydroxylation sites is 1. The molecule has 0 atom stereocenters. The van der Waals surface area contributed by atoms with Crippen LogP contribution in [-0.4, -0.2) is 34.8 Å². The van der Waals surface area contributed by atoms with Gasteiger partial charge in [-0.2, -0.15) is 0 Å². The van der Waals surface area contributed by atoms with Gasteiger partial charge in [-0.1, -0.05) is 29.8 Å². The molecule has 1 saturated heterocycles. The van der Waals surface area contributed by atoms with E-state index in [2.05, 4.69) is 10.3 Å². The van der Waals surface area contributed by atoms with Crippen molar-refractivity contribution in [3.05, 3.63) is 58.4 Å². The van der Waals surface area contributed by atoms with Gasteiger partial charge in [-0.3, -0.25) is 9.59 Å². The summed E-state index contributed by atoms with van der Waals surface area (Å²) in [5, 5.41) is 4.31. The minimum absolute atomic E-state index is 0.0811. The predicted molar refractivity (Wildman–Crippen MR) is 112 cm³/mol. The van der Waals surface area contributed by atoms with Gasteiger partial charge in [-0.05, 0) is 44.4 Å². The number of pyridine rings is 1. The zero-order valence-electron chi connectivity index (χ0n) is 16.4. The number of amides is 2. The van der Waals surface area contributed by atoms with Gasteiger partial charge < -0.3 is 14.6 Å². The number of hydrogen-bond donors (Lipinski definition) is 1. The second-order valence-corrected chi connectivity index (χ2v) is 7.86. The van der Waals surface area contributed by atoms with Crippen LogP contribution in [0.5, 0.6) is 0 Å². The summed E-state index contributed by atoms with van der Waals surface area (Å²) in [7, 11) is 0. The van der Waals surface area contributed by atoms with Crippen LogP contribution < -0.4 is 5.32 Å². The first-order valence-electron chi connectivity index (χ1n) is 9.64. The monoisotopic (exact) mass is 411 g/mol. The van der Waals surface area contributed by atoms with Gasteiger partial charge >= 0.3 is 0 Å². The van der Waals surface area contributed by atoms with Crippen LogP contribution in [0.15, 0.2) is 40.9 Å². The molecule has 29 heavy (non-hydrogen) atoms. The second kappa shape index (κ2) is 7.87. The number of benzene rings is 1. The minimum atomic E-state index is -0.157. The fourth-order valence-corrected chi connectivity index (χ4v) is 3.87. The molecule has 1 fully saturated rings. The van der Waals surface area contributed by atoms with Crippen molar-refractivity contribution in [3.63, 3.8) is 0 Å². The largest absolute Gasteiger partial charge is 0.450 e. The Labute approximate surface area is 173 Å². The lowest BCUT2D eigenvalue weighted by Gasteiger charge is -2.30. The molecule has 0 saturated carbocycles. The van der Waals surface area contributed by atoms with Crippen molar-refractivity contribution in [3.8, 4) is 0 Å². The SMILES string of the molecule is Cc1c(C(=O)N2CCC(C(=O)Nc3ccc(Cl)cn3)CC2)oc2c(C)cccc12. The Morgan fingerprint density at radius 1 is 1.17 bits per heavy atom. The van der Waals surface area contributed by atoms with Gasteiger partial charge in [0.1, 0.15) is 11.4 Å². The van der Waals surface area contributed by atoms with Crippen LogP contribution in [0.4, 0.5) is 5.82 Å². The van der Waals surface area contributed by atoms with Gasteiger partial charge in [0.25, 0.3) is 5.91 Å². The van der Waals surface area contributed by atoms with Crippen LogP contribution in [0.2, 0.25) is 5.02 Å². The average molecular weight is 412 g/mol. The van der Waals surface area contributed by atoms with Crippen molar-refractivity contribution in [2.24, 2.45) is 5.92 Å². The summed E-state index contributed by atoms with van der Waals surface area (Å²) in [4.78, 5) is 31.4. The van der Waals surface area contributed by atoms with Crippen LogP contribution in [-0.2, 0) is 4.79 Å². The maximum atomic E-state index is 13.0. The van der Waals surface area contributed by atoms with Crippen molar-refractivity contribution in [2.45, 2.75) is 26.7 Å². The van der Waals surface area contributed by atoms with Gasteiger partial charge in [0.2, 0.25) is 5.91 Å². The third-order valence-corrected chi connectivity index (χ3v) is 5.71. The standard InChI is InChI=1S/C22H22ClN3O3/c1-13-4-3-5-17-14(2)20(29-19(13)17)22(28)26-10-8-15(9-11-26)21(27)25-18-7-6-16(23)12-24-18/h3-7,12,15H,8-11H2,1-2H3,(H,24,25,27). The Bertz CT molecular complexity index is 1070. The number of nitrogens with one attached hydrogen (secondary N) is 1. The summed E-state index contributed by atoms with van der Waals surface area (Å²) in [5.41, 5.74) is 2.64. The molecule has 2 aromatic heterocycles. The topological polar surface area (TPSA) is 75.4 Å². The summed E-state index contributed by atoms with van der Waals surface area (Å²) < 4.78 is 5.92. The first-order valence-corrected chi connectivity index (χ1v) is 10.0. The number of aryl methyl sites for hydroxylation is 2. The van der Waals surface area contributed by atoms with Crippen molar-refractivity contribution in [2.75, 3.05) is 18.4 Å². The summed E-state index contributed by atoms with van der Waals surface area (Å²) in [6, 6.07) is 9.26. The summed E-state index contributed by atoms with van der Waals surface area (Å²) in [6.45, 7) is 4.91. The molecule has 0 bridgehead atoms. The molecular formula is C22H22ClN3O3. The Balaban J connectivity index is 1.41. The van der Waals surface area contributed by atoms with E-state index in [4.69, 9.17) is 16.0 Å². The number of rotatable bonds is 3. The highest BCUT2D eigenvalue weighted by Gasteiger charge is 2.30. The molecule has 0 radical (unpaired) electrons. The third kappa shape index (κ3) is 3.85. The number of aromatic nitrogens is 1. The number of hydrogen-bond acceptors (Lipinski definition) is 4. The van der Waals surface area contributed by atoms with Crippen LogP contribution in [0.25, 0.3) is 11.0 Å². The van der Waals surface area contributed by atoms with E-state index >= 15 is 0 Å². The molecule has 150 valence electrons. The van der Waals surface area contributed by atoms with Crippen LogP contribution >= 0.6 is 11.6 Å². The molecule has 4 rings (SSSR count). The second-order valence-electron chi connectivity index (χ2n) is 7.43. The molecule has 1 aliphatic heterocycles. The normalized spacial score (nSPS) is 14.9. The quantitative estimate of drug-likeness (QED) is 0.684. The number of anilines is 1. The highest BCUT2D eigenvalue weighted by Crippen LogP contribution is 2.29.